The summed E-state index contributed by atoms with van der Waals surface area (Å²) in [6, 6.07) is 13.4. The summed E-state index contributed by atoms with van der Waals surface area (Å²) in [7, 11) is 1.56. The number of nitrogens with zero attached hydrogens (tertiary/aromatic N) is 1. The number of hydrogen-bond donors (Lipinski definition) is 2. The molecule has 1 aliphatic rings. The fourth-order valence-corrected chi connectivity index (χ4v) is 3.38. The number of carbonyl (C=O) groups is 1. The Kier molecular flexibility index (Phi) is 6.45. The molecule has 1 aliphatic heterocycles. The minimum Gasteiger partial charge on any atom is -0.495 e. The molecule has 1 saturated heterocycles. The highest BCUT2D eigenvalue weighted by atomic mass is 35.5. The zero-order valence-electron chi connectivity index (χ0n) is 15.8. The first-order chi connectivity index (χ1) is 13.0. The number of anilines is 3. The maximum absolute atomic E-state index is 12.2. The van der Waals surface area contributed by atoms with E-state index in [1.54, 1.807) is 25.3 Å². The molecule has 2 aromatic carbocycles. The van der Waals surface area contributed by atoms with Crippen molar-refractivity contribution in [2.24, 2.45) is 5.92 Å². The van der Waals surface area contributed by atoms with Crippen molar-refractivity contribution in [3.8, 4) is 5.75 Å². The second kappa shape index (κ2) is 9.00. The smallest absolute Gasteiger partial charge is 0.243 e. The van der Waals surface area contributed by atoms with Crippen LogP contribution in [0.4, 0.5) is 17.1 Å². The van der Waals surface area contributed by atoms with Gasteiger partial charge in [0.15, 0.2) is 0 Å². The molecule has 1 fully saturated rings. The lowest BCUT2D eigenvalue weighted by Gasteiger charge is -2.32. The summed E-state index contributed by atoms with van der Waals surface area (Å²) in [4.78, 5) is 14.6. The summed E-state index contributed by atoms with van der Waals surface area (Å²) in [5.41, 5.74) is 2.71. The summed E-state index contributed by atoms with van der Waals surface area (Å²) < 4.78 is 5.24. The van der Waals surface area contributed by atoms with Gasteiger partial charge in [-0.25, -0.2) is 0 Å². The van der Waals surface area contributed by atoms with Crippen molar-refractivity contribution >= 4 is 34.6 Å². The van der Waals surface area contributed by atoms with Crippen LogP contribution in [0.1, 0.15) is 19.8 Å². The number of carbonyl (C=O) groups excluding carboxylic acids is 1. The van der Waals surface area contributed by atoms with Gasteiger partial charge in [-0.3, -0.25) is 4.79 Å². The lowest BCUT2D eigenvalue weighted by atomic mass is 9.99. The standard InChI is InChI=1S/C21H26ClN3O2/c1-15-9-11-25(12-10-15)18-6-4-17(5-7-18)23-14-21(26)24-19-13-16(22)3-8-20(19)27-2/h3-8,13,15,23H,9-12,14H2,1-2H3,(H,24,26). The Hall–Kier alpha value is -2.40. The summed E-state index contributed by atoms with van der Waals surface area (Å²) >= 11 is 5.99. The monoisotopic (exact) mass is 387 g/mol. The number of ether oxygens (including phenoxy) is 1. The molecule has 0 aliphatic carbocycles. The van der Waals surface area contributed by atoms with E-state index in [2.05, 4.69) is 34.6 Å². The van der Waals surface area contributed by atoms with Gasteiger partial charge in [-0.2, -0.15) is 0 Å². The molecular formula is C21H26ClN3O2. The highest BCUT2D eigenvalue weighted by molar-refractivity contribution is 6.31. The number of rotatable bonds is 6. The molecule has 0 bridgehead atoms. The predicted octanol–water partition coefficient (Wildman–Crippen LogP) is 4.64. The Morgan fingerprint density at radius 2 is 1.89 bits per heavy atom. The molecule has 5 nitrogen and oxygen atoms in total. The molecule has 3 rings (SSSR count). The number of methoxy groups -OCH3 is 1. The summed E-state index contributed by atoms with van der Waals surface area (Å²) in [6.45, 7) is 4.69. The van der Waals surface area contributed by atoms with Crippen molar-refractivity contribution in [1.29, 1.82) is 0 Å². The van der Waals surface area contributed by atoms with E-state index >= 15 is 0 Å². The molecular weight excluding hydrogens is 362 g/mol. The molecule has 6 heteroatoms. The van der Waals surface area contributed by atoms with Gasteiger partial charge in [0, 0.05) is 29.5 Å². The lowest BCUT2D eigenvalue weighted by Crippen LogP contribution is -2.32. The minimum atomic E-state index is -0.162. The second-order valence-electron chi connectivity index (χ2n) is 6.96. The van der Waals surface area contributed by atoms with Gasteiger partial charge >= 0.3 is 0 Å². The molecule has 2 N–H and O–H groups in total. The molecule has 0 radical (unpaired) electrons. The third-order valence-electron chi connectivity index (χ3n) is 4.90. The van der Waals surface area contributed by atoms with E-state index in [1.165, 1.54) is 18.5 Å². The Bertz CT molecular complexity index is 771. The second-order valence-corrected chi connectivity index (χ2v) is 7.40. The fraction of sp³-hybridized carbons (Fsp3) is 0.381. The number of amides is 1. The number of nitrogens with one attached hydrogen (secondary N) is 2. The van der Waals surface area contributed by atoms with Gasteiger partial charge in [-0.1, -0.05) is 18.5 Å². The van der Waals surface area contributed by atoms with Gasteiger partial charge in [-0.15, -0.1) is 0 Å². The van der Waals surface area contributed by atoms with E-state index in [0.29, 0.717) is 16.5 Å². The minimum absolute atomic E-state index is 0.162. The summed E-state index contributed by atoms with van der Waals surface area (Å²) in [5.74, 6) is 1.23. The largest absolute Gasteiger partial charge is 0.495 e. The van der Waals surface area contributed by atoms with Crippen molar-refractivity contribution in [1.82, 2.24) is 0 Å². The maximum Gasteiger partial charge on any atom is 0.243 e. The molecule has 27 heavy (non-hydrogen) atoms. The Labute approximate surface area is 165 Å². The highest BCUT2D eigenvalue weighted by Crippen LogP contribution is 2.28. The molecule has 0 unspecified atom stereocenters. The van der Waals surface area contributed by atoms with Gasteiger partial charge in [0.2, 0.25) is 5.91 Å². The first-order valence-electron chi connectivity index (χ1n) is 9.27. The van der Waals surface area contributed by atoms with Crippen molar-refractivity contribution in [2.45, 2.75) is 19.8 Å². The van der Waals surface area contributed by atoms with Crippen LogP contribution in [0.25, 0.3) is 0 Å². The molecule has 0 saturated carbocycles. The van der Waals surface area contributed by atoms with Crippen LogP contribution in [0, 0.1) is 5.92 Å². The summed E-state index contributed by atoms with van der Waals surface area (Å²) in [5, 5.41) is 6.51. The number of piperidine rings is 1. The van der Waals surface area contributed by atoms with E-state index in [4.69, 9.17) is 16.3 Å². The highest BCUT2D eigenvalue weighted by Gasteiger charge is 2.15. The number of halogens is 1. The van der Waals surface area contributed by atoms with E-state index in [1.807, 2.05) is 12.1 Å². The normalized spacial score (nSPS) is 14.7. The fourth-order valence-electron chi connectivity index (χ4n) is 3.21. The van der Waals surface area contributed by atoms with Gasteiger partial charge in [-0.05, 0) is 61.2 Å². The van der Waals surface area contributed by atoms with Crippen LogP contribution in [0.15, 0.2) is 42.5 Å². The topological polar surface area (TPSA) is 53.6 Å². The van der Waals surface area contributed by atoms with Crippen LogP contribution in [-0.4, -0.2) is 32.7 Å². The molecule has 2 aromatic rings. The van der Waals surface area contributed by atoms with Gasteiger partial charge in [0.05, 0.1) is 19.3 Å². The lowest BCUT2D eigenvalue weighted by molar-refractivity contribution is -0.114. The van der Waals surface area contributed by atoms with Crippen LogP contribution in [0.3, 0.4) is 0 Å². The van der Waals surface area contributed by atoms with Crippen LogP contribution in [0.5, 0.6) is 5.75 Å². The third kappa shape index (κ3) is 5.30. The third-order valence-corrected chi connectivity index (χ3v) is 5.14. The van der Waals surface area contributed by atoms with Gasteiger partial charge < -0.3 is 20.3 Å². The Balaban J connectivity index is 1.52. The molecule has 0 aromatic heterocycles. The Morgan fingerprint density at radius 1 is 1.19 bits per heavy atom. The average molecular weight is 388 g/mol. The summed E-state index contributed by atoms with van der Waals surface area (Å²) in [6.07, 6.45) is 2.49. The van der Waals surface area contributed by atoms with Crippen molar-refractivity contribution < 1.29 is 9.53 Å². The zero-order chi connectivity index (χ0) is 19.2. The molecule has 144 valence electrons. The van der Waals surface area contributed by atoms with Crippen molar-refractivity contribution in [2.75, 3.05) is 42.3 Å². The van der Waals surface area contributed by atoms with Gasteiger partial charge in [0.25, 0.3) is 0 Å². The number of hydrogen-bond acceptors (Lipinski definition) is 4. The first-order valence-corrected chi connectivity index (χ1v) is 9.65. The zero-order valence-corrected chi connectivity index (χ0v) is 16.6. The van der Waals surface area contributed by atoms with Crippen molar-refractivity contribution in [3.05, 3.63) is 47.5 Å². The Morgan fingerprint density at radius 3 is 2.56 bits per heavy atom. The number of benzene rings is 2. The van der Waals surface area contributed by atoms with E-state index in [0.717, 1.165) is 24.7 Å². The molecule has 0 atom stereocenters. The SMILES string of the molecule is COc1ccc(Cl)cc1NC(=O)CNc1ccc(N2CCC(C)CC2)cc1. The maximum atomic E-state index is 12.2. The van der Waals surface area contributed by atoms with E-state index in [-0.39, 0.29) is 12.5 Å². The van der Waals surface area contributed by atoms with Gasteiger partial charge in [0.1, 0.15) is 5.75 Å². The van der Waals surface area contributed by atoms with Crippen LogP contribution >= 0.6 is 11.6 Å². The molecule has 1 heterocycles. The molecule has 0 spiro atoms. The predicted molar refractivity (Wildman–Crippen MR) is 112 cm³/mol. The first kappa shape index (κ1) is 19.4. The van der Waals surface area contributed by atoms with Crippen LogP contribution in [-0.2, 0) is 4.79 Å². The van der Waals surface area contributed by atoms with E-state index < -0.39 is 0 Å². The van der Waals surface area contributed by atoms with Crippen LogP contribution < -0.4 is 20.3 Å². The average Bonchev–Trinajstić information content (AvgIpc) is 2.68. The van der Waals surface area contributed by atoms with E-state index in [9.17, 15) is 4.79 Å². The van der Waals surface area contributed by atoms with Crippen LogP contribution in [0.2, 0.25) is 5.02 Å². The van der Waals surface area contributed by atoms with Crippen molar-refractivity contribution in [3.63, 3.8) is 0 Å². The molecule has 1 amide bonds. The quantitative estimate of drug-likeness (QED) is 0.758.